The van der Waals surface area contributed by atoms with Crippen LogP contribution in [0.5, 0.6) is 11.5 Å². The Balaban J connectivity index is 1.71. The van der Waals surface area contributed by atoms with Gasteiger partial charge >= 0.3 is 22.2 Å². The summed E-state index contributed by atoms with van der Waals surface area (Å²) < 4.78 is 41.1. The maximum atomic E-state index is 12.8. The van der Waals surface area contributed by atoms with Crippen LogP contribution >= 0.6 is 0 Å². The fourth-order valence-electron chi connectivity index (χ4n) is 3.37. The number of hydrogen-bond donors (Lipinski definition) is 1. The highest BCUT2D eigenvalue weighted by atomic mass is 32.2. The minimum atomic E-state index is -4.23. The van der Waals surface area contributed by atoms with Crippen LogP contribution in [-0.4, -0.2) is 48.9 Å². The first kappa shape index (κ1) is 25.4. The summed E-state index contributed by atoms with van der Waals surface area (Å²) in [5.41, 5.74) is -0.562. The number of hydrogen-bond acceptors (Lipinski definition) is 8. The lowest BCUT2D eigenvalue weighted by molar-refractivity contribution is -0.0458. The van der Waals surface area contributed by atoms with Crippen molar-refractivity contribution in [2.24, 2.45) is 0 Å². The van der Waals surface area contributed by atoms with Gasteiger partial charge in [-0.1, -0.05) is 18.6 Å². The molecular formula is C24H29NO8S. The van der Waals surface area contributed by atoms with E-state index in [2.05, 4.69) is 0 Å². The first-order valence-electron chi connectivity index (χ1n) is 11.0. The van der Waals surface area contributed by atoms with Crippen molar-refractivity contribution in [2.75, 3.05) is 6.54 Å². The molecule has 1 fully saturated rings. The number of carbonyl (C=O) groups is 2. The molecule has 0 spiro atoms. The molecule has 3 rings (SSSR count). The van der Waals surface area contributed by atoms with Crippen LogP contribution in [0.3, 0.4) is 0 Å². The number of para-hydroxylation sites is 2. The van der Waals surface area contributed by atoms with Gasteiger partial charge in [0.25, 0.3) is 0 Å². The molecule has 10 heteroatoms. The summed E-state index contributed by atoms with van der Waals surface area (Å²) in [6.45, 7) is 5.71. The Kier molecular flexibility index (Phi) is 7.71. The van der Waals surface area contributed by atoms with Crippen molar-refractivity contribution in [2.45, 2.75) is 63.2 Å². The van der Waals surface area contributed by atoms with Gasteiger partial charge in [-0.25, -0.2) is 9.59 Å². The molecule has 1 aliphatic heterocycles. The van der Waals surface area contributed by atoms with Crippen molar-refractivity contribution in [1.82, 2.24) is 4.90 Å². The fourth-order valence-corrected chi connectivity index (χ4v) is 4.32. The van der Waals surface area contributed by atoms with E-state index in [9.17, 15) is 23.1 Å². The van der Waals surface area contributed by atoms with Crippen molar-refractivity contribution in [3.63, 3.8) is 0 Å². The molecule has 2 aromatic rings. The van der Waals surface area contributed by atoms with Crippen molar-refractivity contribution >= 4 is 22.2 Å². The largest absolute Gasteiger partial charge is 0.504 e. The minimum absolute atomic E-state index is 0.120. The second kappa shape index (κ2) is 10.3. The fraction of sp³-hybridized carbons (Fsp3) is 0.417. The van der Waals surface area contributed by atoms with Gasteiger partial charge in [-0.2, -0.15) is 8.42 Å². The number of ether oxygens (including phenoxy) is 2. The molecule has 1 aliphatic rings. The SMILES string of the molecule is CC(C)(C)OC(=O)N1CCCCCC1OC(=O)c1ccc(S(=O)(=O)Oc2ccccc2O)cc1. The summed E-state index contributed by atoms with van der Waals surface area (Å²) in [6, 6.07) is 10.7. The molecule has 34 heavy (non-hydrogen) atoms. The highest BCUT2D eigenvalue weighted by Gasteiger charge is 2.32. The van der Waals surface area contributed by atoms with Gasteiger partial charge in [-0.15, -0.1) is 0 Å². The molecule has 1 N–H and O–H groups in total. The monoisotopic (exact) mass is 491 g/mol. The summed E-state index contributed by atoms with van der Waals surface area (Å²) in [5, 5.41) is 9.75. The number of rotatable bonds is 5. The number of benzene rings is 2. The smallest absolute Gasteiger partial charge is 0.413 e. The molecule has 0 aromatic heterocycles. The summed E-state index contributed by atoms with van der Waals surface area (Å²) in [4.78, 5) is 26.6. The minimum Gasteiger partial charge on any atom is -0.504 e. The summed E-state index contributed by atoms with van der Waals surface area (Å²) in [7, 11) is -4.23. The van der Waals surface area contributed by atoms with E-state index in [4.69, 9.17) is 13.7 Å². The first-order chi connectivity index (χ1) is 16.0. The average Bonchev–Trinajstić information content (AvgIpc) is 2.99. The number of likely N-dealkylation sites (tertiary alicyclic amines) is 1. The molecule has 0 radical (unpaired) electrons. The highest BCUT2D eigenvalue weighted by molar-refractivity contribution is 7.87. The Hall–Kier alpha value is -3.27. The van der Waals surface area contributed by atoms with E-state index in [0.717, 1.165) is 19.3 Å². The number of esters is 1. The summed E-state index contributed by atoms with van der Waals surface area (Å²) in [5.74, 6) is -1.21. The lowest BCUT2D eigenvalue weighted by Gasteiger charge is -2.31. The molecule has 1 saturated heterocycles. The van der Waals surface area contributed by atoms with Gasteiger partial charge in [0, 0.05) is 13.0 Å². The van der Waals surface area contributed by atoms with E-state index < -0.39 is 34.0 Å². The number of aromatic hydroxyl groups is 1. The van der Waals surface area contributed by atoms with Crippen molar-refractivity contribution in [1.29, 1.82) is 0 Å². The lowest BCUT2D eigenvalue weighted by Crippen LogP contribution is -2.45. The normalized spacial score (nSPS) is 16.9. The van der Waals surface area contributed by atoms with E-state index in [1.165, 1.54) is 53.4 Å². The third kappa shape index (κ3) is 6.63. The molecule has 0 aliphatic carbocycles. The molecule has 2 aromatic carbocycles. The third-order valence-electron chi connectivity index (χ3n) is 5.01. The Labute approximate surface area is 199 Å². The van der Waals surface area contributed by atoms with E-state index in [1.807, 2.05) is 0 Å². The predicted molar refractivity (Wildman–Crippen MR) is 123 cm³/mol. The molecular weight excluding hydrogens is 462 g/mol. The van der Waals surface area contributed by atoms with Crippen LogP contribution < -0.4 is 4.18 Å². The molecule has 1 heterocycles. The van der Waals surface area contributed by atoms with Crippen molar-refractivity contribution in [3.05, 3.63) is 54.1 Å². The third-order valence-corrected chi connectivity index (χ3v) is 6.26. The molecule has 1 atom stereocenters. The van der Waals surface area contributed by atoms with Crippen LogP contribution in [0.4, 0.5) is 4.79 Å². The van der Waals surface area contributed by atoms with Crippen LogP contribution in [0.15, 0.2) is 53.4 Å². The predicted octanol–water partition coefficient (Wildman–Crippen LogP) is 4.45. The molecule has 1 amide bonds. The quantitative estimate of drug-likeness (QED) is 0.481. The topological polar surface area (TPSA) is 119 Å². The van der Waals surface area contributed by atoms with Crippen LogP contribution in [-0.2, 0) is 19.6 Å². The Morgan fingerprint density at radius 3 is 2.32 bits per heavy atom. The molecule has 0 bridgehead atoms. The number of phenolic OH excluding ortho intramolecular Hbond substituents is 1. The number of amides is 1. The summed E-state index contributed by atoms with van der Waals surface area (Å²) >= 11 is 0. The van der Waals surface area contributed by atoms with Gasteiger partial charge < -0.3 is 18.8 Å². The zero-order valence-corrected chi connectivity index (χ0v) is 20.2. The van der Waals surface area contributed by atoms with Crippen LogP contribution in [0.25, 0.3) is 0 Å². The number of nitrogens with zero attached hydrogens (tertiary/aromatic N) is 1. The second-order valence-electron chi connectivity index (χ2n) is 8.91. The molecule has 9 nitrogen and oxygen atoms in total. The van der Waals surface area contributed by atoms with Gasteiger partial charge in [0.05, 0.1) is 5.56 Å². The van der Waals surface area contributed by atoms with Crippen molar-refractivity contribution < 1.29 is 36.8 Å². The number of carbonyl (C=O) groups excluding carboxylic acids is 2. The highest BCUT2D eigenvalue weighted by Crippen LogP contribution is 2.28. The van der Waals surface area contributed by atoms with Gasteiger partial charge in [0.2, 0.25) is 0 Å². The second-order valence-corrected chi connectivity index (χ2v) is 10.5. The van der Waals surface area contributed by atoms with Gasteiger partial charge in [-0.05, 0) is 70.0 Å². The zero-order valence-electron chi connectivity index (χ0n) is 19.4. The Bertz CT molecular complexity index is 1120. The van der Waals surface area contributed by atoms with Gasteiger partial charge in [-0.3, -0.25) is 4.90 Å². The van der Waals surface area contributed by atoms with Crippen LogP contribution in [0, 0.1) is 0 Å². The average molecular weight is 492 g/mol. The number of phenols is 1. The molecule has 0 saturated carbocycles. The maximum Gasteiger partial charge on any atom is 0.413 e. The van der Waals surface area contributed by atoms with Crippen LogP contribution in [0.1, 0.15) is 56.8 Å². The Morgan fingerprint density at radius 2 is 1.68 bits per heavy atom. The van der Waals surface area contributed by atoms with Crippen LogP contribution in [0.2, 0.25) is 0 Å². The standard InChI is InChI=1S/C24H29NO8S/c1-24(2,3)32-23(28)25-16-8-4-5-11-21(25)31-22(27)17-12-14-18(15-13-17)34(29,30)33-20-10-7-6-9-19(20)26/h6-7,9-10,12-15,21,26H,4-5,8,11,16H2,1-3H3. The zero-order chi connectivity index (χ0) is 24.9. The van der Waals surface area contributed by atoms with Gasteiger partial charge in [0.1, 0.15) is 10.5 Å². The van der Waals surface area contributed by atoms with Gasteiger partial charge in [0.15, 0.2) is 17.7 Å². The van der Waals surface area contributed by atoms with E-state index in [1.54, 1.807) is 20.8 Å². The van der Waals surface area contributed by atoms with E-state index in [-0.39, 0.29) is 22.0 Å². The van der Waals surface area contributed by atoms with E-state index >= 15 is 0 Å². The molecule has 1 unspecified atom stereocenters. The first-order valence-corrected chi connectivity index (χ1v) is 12.4. The van der Waals surface area contributed by atoms with E-state index in [0.29, 0.717) is 13.0 Å². The summed E-state index contributed by atoms with van der Waals surface area (Å²) in [6.07, 6.45) is 1.62. The maximum absolute atomic E-state index is 12.8. The lowest BCUT2D eigenvalue weighted by atomic mass is 10.2. The Morgan fingerprint density at radius 1 is 1.00 bits per heavy atom. The molecule has 184 valence electrons. The van der Waals surface area contributed by atoms with Crippen molar-refractivity contribution in [3.8, 4) is 11.5 Å².